The van der Waals surface area contributed by atoms with Crippen LogP contribution in [0.2, 0.25) is 0 Å². The van der Waals surface area contributed by atoms with Gasteiger partial charge in [0.25, 0.3) is 15.9 Å². The second-order valence-corrected chi connectivity index (χ2v) is 9.84. The number of hydrogen-bond donors (Lipinski definition) is 1. The molecule has 0 aromatic heterocycles. The van der Waals surface area contributed by atoms with E-state index < -0.39 is 10.0 Å². The number of carbonyl (C=O) groups excluding carboxylic acids is 1. The van der Waals surface area contributed by atoms with E-state index in [1.165, 1.54) is 10.4 Å². The molecular weight excluding hydrogens is 374 g/mol. The Labute approximate surface area is 166 Å². The summed E-state index contributed by atoms with van der Waals surface area (Å²) < 4.78 is 27.9. The second kappa shape index (κ2) is 6.90. The van der Waals surface area contributed by atoms with E-state index in [0.29, 0.717) is 38.2 Å². The van der Waals surface area contributed by atoms with E-state index >= 15 is 0 Å². The van der Waals surface area contributed by atoms with Gasteiger partial charge in [-0.3, -0.25) is 9.10 Å². The van der Waals surface area contributed by atoms with Crippen molar-refractivity contribution < 1.29 is 13.2 Å². The summed E-state index contributed by atoms with van der Waals surface area (Å²) in [4.78, 5) is 14.8. The number of benzene rings is 2. The number of likely N-dealkylation sites (tertiary alicyclic amines) is 1. The van der Waals surface area contributed by atoms with Gasteiger partial charge in [0.2, 0.25) is 0 Å². The first-order chi connectivity index (χ1) is 13.3. The first-order valence-corrected chi connectivity index (χ1v) is 11.0. The molecule has 0 bridgehead atoms. The highest BCUT2D eigenvalue weighted by Gasteiger charge is 2.36. The van der Waals surface area contributed by atoms with E-state index in [-0.39, 0.29) is 16.2 Å². The molecule has 1 atom stereocenters. The summed E-state index contributed by atoms with van der Waals surface area (Å²) in [5.41, 5.74) is 7.91. The third kappa shape index (κ3) is 3.18. The zero-order valence-electron chi connectivity index (χ0n) is 16.0. The standard InChI is InChI=1S/C21H25N3O3S/c1-21(14-22)10-12-23(15-21)20(25)17-6-4-7-18(13-17)28(26,27)24-11-9-16-5-2-3-8-19(16)24/h2-8,13H,9-12,14-15,22H2,1H3. The maximum Gasteiger partial charge on any atom is 0.264 e. The minimum Gasteiger partial charge on any atom is -0.338 e. The zero-order valence-corrected chi connectivity index (χ0v) is 16.8. The van der Waals surface area contributed by atoms with Gasteiger partial charge in [-0.05, 0) is 54.6 Å². The largest absolute Gasteiger partial charge is 0.338 e. The Bertz CT molecular complexity index is 1020. The summed E-state index contributed by atoms with van der Waals surface area (Å²) in [5, 5.41) is 0. The van der Waals surface area contributed by atoms with Crippen LogP contribution in [0.5, 0.6) is 0 Å². The quantitative estimate of drug-likeness (QED) is 0.855. The van der Waals surface area contributed by atoms with Crippen molar-refractivity contribution in [3.05, 3.63) is 59.7 Å². The van der Waals surface area contributed by atoms with Crippen molar-refractivity contribution in [3.63, 3.8) is 0 Å². The number of rotatable bonds is 4. The van der Waals surface area contributed by atoms with Crippen LogP contribution in [0.15, 0.2) is 53.4 Å². The molecule has 0 saturated carbocycles. The lowest BCUT2D eigenvalue weighted by Crippen LogP contribution is -2.34. The van der Waals surface area contributed by atoms with Crippen LogP contribution in [0, 0.1) is 5.41 Å². The highest BCUT2D eigenvalue weighted by atomic mass is 32.2. The topological polar surface area (TPSA) is 83.7 Å². The number of amides is 1. The maximum absolute atomic E-state index is 13.2. The second-order valence-electron chi connectivity index (χ2n) is 7.98. The van der Waals surface area contributed by atoms with Crippen LogP contribution in [0.25, 0.3) is 0 Å². The molecule has 1 unspecified atom stereocenters. The molecule has 2 aliphatic rings. The molecular formula is C21H25N3O3S. The molecule has 7 heteroatoms. The third-order valence-electron chi connectivity index (χ3n) is 5.85. The van der Waals surface area contributed by atoms with Crippen LogP contribution in [-0.4, -0.2) is 45.4 Å². The number of hydrogen-bond acceptors (Lipinski definition) is 4. The van der Waals surface area contributed by atoms with Crippen LogP contribution >= 0.6 is 0 Å². The number of carbonyl (C=O) groups is 1. The van der Waals surface area contributed by atoms with Gasteiger partial charge >= 0.3 is 0 Å². The zero-order chi connectivity index (χ0) is 19.9. The Balaban J connectivity index is 1.62. The molecule has 0 spiro atoms. The minimum atomic E-state index is -3.72. The fourth-order valence-corrected chi connectivity index (χ4v) is 5.57. The highest BCUT2D eigenvalue weighted by molar-refractivity contribution is 7.92. The molecule has 2 aromatic rings. The van der Waals surface area contributed by atoms with E-state index in [0.717, 1.165) is 17.7 Å². The summed E-state index contributed by atoms with van der Waals surface area (Å²) in [6, 6.07) is 13.9. The number of sulfonamides is 1. The lowest BCUT2D eigenvalue weighted by molar-refractivity contribution is 0.0776. The predicted molar refractivity (Wildman–Crippen MR) is 109 cm³/mol. The predicted octanol–water partition coefficient (Wildman–Crippen LogP) is 2.25. The molecule has 1 saturated heterocycles. The molecule has 148 valence electrons. The van der Waals surface area contributed by atoms with Gasteiger partial charge in [-0.1, -0.05) is 31.2 Å². The summed E-state index contributed by atoms with van der Waals surface area (Å²) in [5.74, 6) is -0.143. The van der Waals surface area contributed by atoms with E-state index in [2.05, 4.69) is 6.92 Å². The molecule has 28 heavy (non-hydrogen) atoms. The van der Waals surface area contributed by atoms with Crippen molar-refractivity contribution in [1.82, 2.24) is 4.90 Å². The molecule has 0 radical (unpaired) electrons. The molecule has 2 N–H and O–H groups in total. The first-order valence-electron chi connectivity index (χ1n) is 9.54. The van der Waals surface area contributed by atoms with Gasteiger partial charge in [0.1, 0.15) is 0 Å². The molecule has 2 aromatic carbocycles. The van der Waals surface area contributed by atoms with Crippen molar-refractivity contribution >= 4 is 21.6 Å². The van der Waals surface area contributed by atoms with Gasteiger partial charge in [0.05, 0.1) is 10.6 Å². The molecule has 2 aliphatic heterocycles. The molecule has 0 aliphatic carbocycles. The van der Waals surface area contributed by atoms with Crippen LogP contribution < -0.4 is 10.0 Å². The normalized spacial score (nSPS) is 21.8. The lowest BCUT2D eigenvalue weighted by Gasteiger charge is -2.23. The first kappa shape index (κ1) is 19.0. The number of para-hydroxylation sites is 1. The van der Waals surface area contributed by atoms with Crippen LogP contribution in [-0.2, 0) is 16.4 Å². The molecule has 6 nitrogen and oxygen atoms in total. The average molecular weight is 400 g/mol. The van der Waals surface area contributed by atoms with Crippen LogP contribution in [0.3, 0.4) is 0 Å². The fraction of sp³-hybridized carbons (Fsp3) is 0.381. The highest BCUT2D eigenvalue weighted by Crippen LogP contribution is 2.33. The SMILES string of the molecule is CC1(CN)CCN(C(=O)c2cccc(S(=O)(=O)N3CCc4ccccc43)c2)C1. The minimum absolute atomic E-state index is 0.0708. The van der Waals surface area contributed by atoms with Crippen molar-refractivity contribution in [2.45, 2.75) is 24.7 Å². The van der Waals surface area contributed by atoms with Crippen molar-refractivity contribution in [3.8, 4) is 0 Å². The average Bonchev–Trinajstić information content (AvgIpc) is 3.32. The van der Waals surface area contributed by atoms with Gasteiger partial charge < -0.3 is 10.6 Å². The number of nitrogens with zero attached hydrogens (tertiary/aromatic N) is 2. The van der Waals surface area contributed by atoms with Gasteiger partial charge in [0.15, 0.2) is 0 Å². The molecule has 1 amide bonds. The van der Waals surface area contributed by atoms with Gasteiger partial charge in [-0.25, -0.2) is 8.42 Å². The van der Waals surface area contributed by atoms with E-state index in [4.69, 9.17) is 5.73 Å². The number of anilines is 1. The van der Waals surface area contributed by atoms with Gasteiger partial charge in [-0.2, -0.15) is 0 Å². The van der Waals surface area contributed by atoms with Crippen molar-refractivity contribution in [1.29, 1.82) is 0 Å². The Morgan fingerprint density at radius 1 is 1.14 bits per heavy atom. The maximum atomic E-state index is 13.2. The summed E-state index contributed by atoms with van der Waals surface area (Å²) in [6.45, 7) is 4.26. The molecule has 2 heterocycles. The Morgan fingerprint density at radius 3 is 2.68 bits per heavy atom. The van der Waals surface area contributed by atoms with E-state index in [1.54, 1.807) is 23.1 Å². The monoisotopic (exact) mass is 399 g/mol. The summed E-state index contributed by atoms with van der Waals surface area (Å²) >= 11 is 0. The Kier molecular flexibility index (Phi) is 4.67. The van der Waals surface area contributed by atoms with E-state index in [9.17, 15) is 13.2 Å². The van der Waals surface area contributed by atoms with Crippen LogP contribution in [0.1, 0.15) is 29.3 Å². The molecule has 1 fully saturated rings. The fourth-order valence-electron chi connectivity index (χ4n) is 4.02. The van der Waals surface area contributed by atoms with Crippen molar-refractivity contribution in [2.75, 3.05) is 30.5 Å². The lowest BCUT2D eigenvalue weighted by atomic mass is 9.90. The third-order valence-corrected chi connectivity index (χ3v) is 7.66. The van der Waals surface area contributed by atoms with Gasteiger partial charge in [0, 0.05) is 25.2 Å². The molecule has 4 rings (SSSR count). The smallest absolute Gasteiger partial charge is 0.264 e. The summed E-state index contributed by atoms with van der Waals surface area (Å²) in [7, 11) is -3.72. The number of nitrogens with two attached hydrogens (primary N) is 1. The number of fused-ring (bicyclic) bond motifs is 1. The van der Waals surface area contributed by atoms with Crippen LogP contribution in [0.4, 0.5) is 5.69 Å². The van der Waals surface area contributed by atoms with Gasteiger partial charge in [-0.15, -0.1) is 0 Å². The van der Waals surface area contributed by atoms with E-state index in [1.807, 2.05) is 24.3 Å². The van der Waals surface area contributed by atoms with Crippen molar-refractivity contribution in [2.24, 2.45) is 11.1 Å². The Hall–Kier alpha value is -2.38. The summed E-state index contributed by atoms with van der Waals surface area (Å²) in [6.07, 6.45) is 1.55. The Morgan fingerprint density at radius 2 is 1.93 bits per heavy atom.